The number of hydrogen-bond acceptors (Lipinski definition) is 3. The molecule has 0 radical (unpaired) electrons. The van der Waals surface area contributed by atoms with Gasteiger partial charge in [0, 0.05) is 18.2 Å². The Morgan fingerprint density at radius 1 is 0.500 bits per heavy atom. The van der Waals surface area contributed by atoms with Crippen LogP contribution in [0, 0.1) is 0 Å². The van der Waals surface area contributed by atoms with Crippen molar-refractivity contribution in [1.82, 2.24) is 0 Å². The predicted octanol–water partition coefficient (Wildman–Crippen LogP) is 3.90. The van der Waals surface area contributed by atoms with Crippen molar-refractivity contribution in [3.8, 4) is 17.2 Å². The molecule has 0 unspecified atom stereocenters. The van der Waals surface area contributed by atoms with E-state index in [4.69, 9.17) is 0 Å². The van der Waals surface area contributed by atoms with Crippen LogP contribution in [0.15, 0.2) is 87.5 Å². The molecule has 0 saturated heterocycles. The Labute approximate surface area is 131 Å². The van der Waals surface area contributed by atoms with Gasteiger partial charge in [-0.1, -0.05) is 18.2 Å². The van der Waals surface area contributed by atoms with Gasteiger partial charge in [0.25, 0.3) is 0 Å². The van der Waals surface area contributed by atoms with Crippen molar-refractivity contribution in [1.29, 1.82) is 0 Å². The summed E-state index contributed by atoms with van der Waals surface area (Å²) in [6.07, 6.45) is 0. The number of aromatic hydroxyl groups is 3. The minimum absolute atomic E-state index is 0.190. The molecule has 22 heavy (non-hydrogen) atoms. The van der Waals surface area contributed by atoms with E-state index in [1.807, 2.05) is 18.2 Å². The van der Waals surface area contributed by atoms with Gasteiger partial charge in [-0.2, -0.15) is 0 Å². The van der Waals surface area contributed by atoms with Gasteiger partial charge in [0.05, 0.1) is 10.9 Å². The molecule has 3 aromatic carbocycles. The van der Waals surface area contributed by atoms with Crippen molar-refractivity contribution in [2.75, 3.05) is 0 Å². The van der Waals surface area contributed by atoms with Crippen LogP contribution >= 0.6 is 0 Å². The van der Waals surface area contributed by atoms with E-state index in [1.54, 1.807) is 54.6 Å². The van der Waals surface area contributed by atoms with E-state index in [0.717, 1.165) is 14.7 Å². The van der Waals surface area contributed by atoms with Gasteiger partial charge in [-0.15, -0.1) is 0 Å². The smallest absolute Gasteiger partial charge is 0.170 e. The van der Waals surface area contributed by atoms with Gasteiger partial charge in [-0.25, -0.2) is 0 Å². The topological polar surface area (TPSA) is 60.7 Å². The van der Waals surface area contributed by atoms with Crippen LogP contribution in [-0.2, 0) is 10.9 Å². The monoisotopic (exact) mass is 311 g/mol. The average Bonchev–Trinajstić information content (AvgIpc) is 2.48. The molecule has 0 bridgehead atoms. The number of phenols is 3. The van der Waals surface area contributed by atoms with Crippen LogP contribution < -0.4 is 0 Å². The van der Waals surface area contributed by atoms with Crippen molar-refractivity contribution in [3.63, 3.8) is 0 Å². The Morgan fingerprint density at radius 3 is 1.09 bits per heavy atom. The standard InChI is InChI=1S/C18H14O3S/c19-13-4-1-7-16(10-13)22(17-8-2-5-14(20)11-17)18-9-3-6-15(21)12-18/h1-12H,(H2-,19,20,21)/p+1. The summed E-state index contributed by atoms with van der Waals surface area (Å²) >= 11 is 0. The molecule has 0 heterocycles. The molecule has 0 aromatic heterocycles. The highest BCUT2D eigenvalue weighted by atomic mass is 32.2. The normalized spacial score (nSPS) is 10.8. The van der Waals surface area contributed by atoms with Crippen molar-refractivity contribution < 1.29 is 15.3 Å². The second kappa shape index (κ2) is 6.03. The fourth-order valence-corrected chi connectivity index (χ4v) is 4.42. The van der Waals surface area contributed by atoms with Crippen molar-refractivity contribution in [3.05, 3.63) is 72.8 Å². The molecule has 0 aliphatic rings. The molecule has 3 nitrogen and oxygen atoms in total. The molecule has 3 rings (SSSR count). The lowest BCUT2D eigenvalue weighted by Crippen LogP contribution is -2.04. The van der Waals surface area contributed by atoms with E-state index < -0.39 is 10.9 Å². The van der Waals surface area contributed by atoms with E-state index in [2.05, 4.69) is 0 Å². The van der Waals surface area contributed by atoms with Crippen molar-refractivity contribution in [2.45, 2.75) is 14.7 Å². The van der Waals surface area contributed by atoms with Gasteiger partial charge < -0.3 is 15.3 Å². The molecular formula is C18H15O3S+. The van der Waals surface area contributed by atoms with Crippen molar-refractivity contribution in [2.24, 2.45) is 0 Å². The first-order valence-electron chi connectivity index (χ1n) is 6.75. The highest BCUT2D eigenvalue weighted by Crippen LogP contribution is 2.35. The minimum Gasteiger partial charge on any atom is -0.508 e. The summed E-state index contributed by atoms with van der Waals surface area (Å²) in [4.78, 5) is 2.74. The third kappa shape index (κ3) is 3.02. The zero-order chi connectivity index (χ0) is 15.5. The van der Waals surface area contributed by atoms with Crippen LogP contribution in [0.4, 0.5) is 0 Å². The maximum absolute atomic E-state index is 9.77. The Kier molecular flexibility index (Phi) is 3.94. The first-order chi connectivity index (χ1) is 10.6. The molecule has 0 saturated carbocycles. The largest absolute Gasteiger partial charge is 0.508 e. The van der Waals surface area contributed by atoms with Gasteiger partial charge in [0.2, 0.25) is 0 Å². The van der Waals surface area contributed by atoms with Gasteiger partial charge in [0.1, 0.15) is 17.2 Å². The van der Waals surface area contributed by atoms with Gasteiger partial charge in [-0.05, 0) is 36.4 Å². The summed E-state index contributed by atoms with van der Waals surface area (Å²) < 4.78 is 0. The molecule has 3 aromatic rings. The highest BCUT2D eigenvalue weighted by molar-refractivity contribution is 7.97. The zero-order valence-corrected chi connectivity index (χ0v) is 12.5. The number of phenolic OH excluding ortho intramolecular Hbond substituents is 3. The van der Waals surface area contributed by atoms with Gasteiger partial charge in [-0.3, -0.25) is 0 Å². The third-order valence-corrected chi connectivity index (χ3v) is 5.34. The van der Waals surface area contributed by atoms with Crippen molar-refractivity contribution >= 4 is 10.9 Å². The Bertz CT molecular complexity index is 693. The number of rotatable bonds is 3. The highest BCUT2D eigenvalue weighted by Gasteiger charge is 2.29. The summed E-state index contributed by atoms with van der Waals surface area (Å²) in [6.45, 7) is 0. The summed E-state index contributed by atoms with van der Waals surface area (Å²) in [5.41, 5.74) is 0. The molecule has 4 heteroatoms. The lowest BCUT2D eigenvalue weighted by atomic mass is 10.3. The average molecular weight is 311 g/mol. The molecule has 0 fully saturated rings. The first kappa shape index (κ1) is 14.4. The number of hydrogen-bond donors (Lipinski definition) is 3. The molecular weight excluding hydrogens is 296 g/mol. The zero-order valence-electron chi connectivity index (χ0n) is 11.7. The fourth-order valence-electron chi connectivity index (χ4n) is 2.24. The SMILES string of the molecule is Oc1cccc([S+](c2cccc(O)c2)c2cccc(O)c2)c1. The fraction of sp³-hybridized carbons (Fsp3) is 0. The summed E-state index contributed by atoms with van der Waals surface area (Å²) in [5.74, 6) is 0.570. The quantitative estimate of drug-likeness (QED) is 0.643. The minimum atomic E-state index is -0.525. The number of benzene rings is 3. The first-order valence-corrected chi connectivity index (χ1v) is 7.97. The lowest BCUT2D eigenvalue weighted by molar-refractivity contribution is 0.473. The van der Waals surface area contributed by atoms with Gasteiger partial charge in [0.15, 0.2) is 14.7 Å². The summed E-state index contributed by atoms with van der Waals surface area (Å²) in [6, 6.07) is 21.1. The maximum Gasteiger partial charge on any atom is 0.170 e. The van der Waals surface area contributed by atoms with Crippen LogP contribution in [0.1, 0.15) is 0 Å². The van der Waals surface area contributed by atoms with Gasteiger partial charge >= 0.3 is 0 Å². The summed E-state index contributed by atoms with van der Waals surface area (Å²) in [7, 11) is -0.525. The van der Waals surface area contributed by atoms with E-state index in [9.17, 15) is 15.3 Å². The molecule has 0 aliphatic carbocycles. The maximum atomic E-state index is 9.77. The molecule has 110 valence electrons. The molecule has 0 atom stereocenters. The predicted molar refractivity (Wildman–Crippen MR) is 86.5 cm³/mol. The van der Waals surface area contributed by atoms with E-state index in [1.165, 1.54) is 0 Å². The van der Waals surface area contributed by atoms with E-state index in [-0.39, 0.29) is 17.2 Å². The molecule has 0 spiro atoms. The van der Waals surface area contributed by atoms with E-state index in [0.29, 0.717) is 0 Å². The Morgan fingerprint density at radius 2 is 0.818 bits per heavy atom. The van der Waals surface area contributed by atoms with Crippen LogP contribution in [0.25, 0.3) is 0 Å². The van der Waals surface area contributed by atoms with Crippen LogP contribution in [-0.4, -0.2) is 15.3 Å². The van der Waals surface area contributed by atoms with Crippen LogP contribution in [0.3, 0.4) is 0 Å². The second-order valence-corrected chi connectivity index (χ2v) is 6.82. The third-order valence-electron chi connectivity index (χ3n) is 3.16. The lowest BCUT2D eigenvalue weighted by Gasteiger charge is -2.08. The van der Waals surface area contributed by atoms with Crippen LogP contribution in [0.5, 0.6) is 17.2 Å². The summed E-state index contributed by atoms with van der Waals surface area (Å²) in [5, 5.41) is 29.3. The molecule has 0 aliphatic heterocycles. The molecule has 0 amide bonds. The second-order valence-electron chi connectivity index (χ2n) is 4.80. The van der Waals surface area contributed by atoms with E-state index >= 15 is 0 Å². The Hall–Kier alpha value is -2.59. The van der Waals surface area contributed by atoms with Crippen LogP contribution in [0.2, 0.25) is 0 Å². The molecule has 3 N–H and O–H groups in total. The Balaban J connectivity index is 2.18.